The number of amides is 2. The Morgan fingerprint density at radius 1 is 1.03 bits per heavy atom. The second kappa shape index (κ2) is 9.50. The molecule has 0 spiro atoms. The standard InChI is InChI=1S/C23H30N6O4/c1-28(2)16-5-3-15(4-6-16)17-7-8-24-22(25-17)26-18-13-32-21-19(14-33-20(18)21)27-23(30)29-9-11-31-12-10-29/h3-8,18-21H,9-14H2,1-2H3,(H,27,30)(H,24,25,26). The molecule has 0 bridgehead atoms. The molecule has 1 aromatic carbocycles. The van der Waals surface area contributed by atoms with Crippen molar-refractivity contribution >= 4 is 17.7 Å². The van der Waals surface area contributed by atoms with Crippen molar-refractivity contribution in [2.45, 2.75) is 24.3 Å². The zero-order valence-corrected chi connectivity index (χ0v) is 18.9. The van der Waals surface area contributed by atoms with Crippen LogP contribution in [0.1, 0.15) is 0 Å². The maximum absolute atomic E-state index is 12.6. The van der Waals surface area contributed by atoms with Gasteiger partial charge in [-0.05, 0) is 18.2 Å². The van der Waals surface area contributed by atoms with Gasteiger partial charge < -0.3 is 34.6 Å². The second-order valence-corrected chi connectivity index (χ2v) is 8.71. The molecular formula is C23H30N6O4. The van der Waals surface area contributed by atoms with Gasteiger partial charge in [-0.25, -0.2) is 14.8 Å². The van der Waals surface area contributed by atoms with E-state index in [4.69, 9.17) is 14.2 Å². The summed E-state index contributed by atoms with van der Waals surface area (Å²) in [5.74, 6) is 0.530. The number of ether oxygens (including phenoxy) is 3. The third kappa shape index (κ3) is 4.73. The largest absolute Gasteiger partial charge is 0.378 e. The zero-order valence-electron chi connectivity index (χ0n) is 18.9. The molecule has 3 aliphatic rings. The fourth-order valence-corrected chi connectivity index (χ4v) is 4.45. The summed E-state index contributed by atoms with van der Waals surface area (Å²) in [7, 11) is 4.03. The van der Waals surface area contributed by atoms with E-state index in [-0.39, 0.29) is 30.3 Å². The molecule has 2 amide bonds. The van der Waals surface area contributed by atoms with E-state index in [1.54, 1.807) is 11.1 Å². The molecule has 4 unspecified atom stereocenters. The van der Waals surface area contributed by atoms with Crippen molar-refractivity contribution in [1.82, 2.24) is 20.2 Å². The van der Waals surface area contributed by atoms with Crippen molar-refractivity contribution < 1.29 is 19.0 Å². The molecule has 0 saturated carbocycles. The van der Waals surface area contributed by atoms with E-state index in [9.17, 15) is 4.79 Å². The van der Waals surface area contributed by atoms with Gasteiger partial charge in [0.15, 0.2) is 0 Å². The average molecular weight is 455 g/mol. The van der Waals surface area contributed by atoms with Crippen LogP contribution in [0, 0.1) is 0 Å². The van der Waals surface area contributed by atoms with E-state index in [0.29, 0.717) is 45.5 Å². The van der Waals surface area contributed by atoms with Gasteiger partial charge in [-0.1, -0.05) is 12.1 Å². The van der Waals surface area contributed by atoms with E-state index in [1.807, 2.05) is 20.2 Å². The van der Waals surface area contributed by atoms with Gasteiger partial charge in [0, 0.05) is 44.6 Å². The molecule has 10 nitrogen and oxygen atoms in total. The molecule has 3 fully saturated rings. The lowest BCUT2D eigenvalue weighted by atomic mass is 10.1. The summed E-state index contributed by atoms with van der Waals surface area (Å²) in [6.07, 6.45) is 1.37. The molecule has 5 rings (SSSR count). The number of hydrogen-bond acceptors (Lipinski definition) is 8. The van der Waals surface area contributed by atoms with Crippen LogP contribution in [-0.4, -0.2) is 98.8 Å². The summed E-state index contributed by atoms with van der Waals surface area (Å²) < 4.78 is 17.3. The Hall–Kier alpha value is -2.95. The van der Waals surface area contributed by atoms with Crippen molar-refractivity contribution in [2.75, 3.05) is 63.8 Å². The first-order chi connectivity index (χ1) is 16.1. The average Bonchev–Trinajstić information content (AvgIpc) is 3.43. The summed E-state index contributed by atoms with van der Waals surface area (Å²) in [4.78, 5) is 25.5. The van der Waals surface area contributed by atoms with Gasteiger partial charge in [-0.15, -0.1) is 0 Å². The first-order valence-corrected chi connectivity index (χ1v) is 11.3. The van der Waals surface area contributed by atoms with Crippen LogP contribution in [-0.2, 0) is 14.2 Å². The number of urea groups is 1. The van der Waals surface area contributed by atoms with Crippen molar-refractivity contribution in [3.05, 3.63) is 36.5 Å². The highest BCUT2D eigenvalue weighted by molar-refractivity contribution is 5.74. The number of aromatic nitrogens is 2. The van der Waals surface area contributed by atoms with Gasteiger partial charge >= 0.3 is 6.03 Å². The highest BCUT2D eigenvalue weighted by Crippen LogP contribution is 2.29. The number of morpholine rings is 1. The topological polar surface area (TPSA) is 101 Å². The Labute approximate surface area is 193 Å². The van der Waals surface area contributed by atoms with Crippen molar-refractivity contribution in [1.29, 1.82) is 0 Å². The molecule has 10 heteroatoms. The number of carbonyl (C=O) groups excluding carboxylic acids is 1. The fraction of sp³-hybridized carbons (Fsp3) is 0.522. The molecule has 1 aromatic heterocycles. The summed E-state index contributed by atoms with van der Waals surface area (Å²) in [6.45, 7) is 3.23. The summed E-state index contributed by atoms with van der Waals surface area (Å²) in [6, 6.07) is 9.77. The smallest absolute Gasteiger partial charge is 0.317 e. The van der Waals surface area contributed by atoms with Gasteiger partial charge in [-0.2, -0.15) is 0 Å². The maximum Gasteiger partial charge on any atom is 0.317 e. The Kier molecular flexibility index (Phi) is 6.30. The molecular weight excluding hydrogens is 424 g/mol. The van der Waals surface area contributed by atoms with Crippen LogP contribution < -0.4 is 15.5 Å². The minimum atomic E-state index is -0.200. The third-order valence-corrected chi connectivity index (χ3v) is 6.31. The van der Waals surface area contributed by atoms with E-state index in [1.165, 1.54) is 0 Å². The van der Waals surface area contributed by atoms with E-state index in [0.717, 1.165) is 16.9 Å². The van der Waals surface area contributed by atoms with Gasteiger partial charge in [-0.3, -0.25) is 0 Å². The maximum atomic E-state index is 12.6. The molecule has 0 radical (unpaired) electrons. The first kappa shape index (κ1) is 21.9. The number of nitrogens with one attached hydrogen (secondary N) is 2. The highest BCUT2D eigenvalue weighted by Gasteiger charge is 2.48. The number of nitrogens with zero attached hydrogens (tertiary/aromatic N) is 4. The molecule has 2 N–H and O–H groups in total. The van der Waals surface area contributed by atoms with Crippen LogP contribution in [0.4, 0.5) is 16.4 Å². The normalized spacial score (nSPS) is 26.7. The lowest BCUT2D eigenvalue weighted by Gasteiger charge is -2.29. The van der Waals surface area contributed by atoms with Crippen LogP contribution in [0.2, 0.25) is 0 Å². The molecule has 33 heavy (non-hydrogen) atoms. The third-order valence-electron chi connectivity index (χ3n) is 6.31. The van der Waals surface area contributed by atoms with Crippen molar-refractivity contribution in [2.24, 2.45) is 0 Å². The van der Waals surface area contributed by atoms with Crippen LogP contribution in [0.15, 0.2) is 36.5 Å². The summed E-state index contributed by atoms with van der Waals surface area (Å²) in [5.41, 5.74) is 3.00. The number of benzene rings is 1. The number of anilines is 2. The predicted octanol–water partition coefficient (Wildman–Crippen LogP) is 1.20. The van der Waals surface area contributed by atoms with E-state index >= 15 is 0 Å². The quantitative estimate of drug-likeness (QED) is 0.695. The Bertz CT molecular complexity index is 966. The lowest BCUT2D eigenvalue weighted by molar-refractivity contribution is 0.0485. The fourth-order valence-electron chi connectivity index (χ4n) is 4.45. The number of carbonyl (C=O) groups is 1. The van der Waals surface area contributed by atoms with E-state index in [2.05, 4.69) is 49.8 Å². The van der Waals surface area contributed by atoms with Crippen LogP contribution in [0.5, 0.6) is 0 Å². The lowest BCUT2D eigenvalue weighted by Crippen LogP contribution is -2.52. The second-order valence-electron chi connectivity index (χ2n) is 8.71. The first-order valence-electron chi connectivity index (χ1n) is 11.3. The minimum absolute atomic E-state index is 0.0911. The van der Waals surface area contributed by atoms with E-state index < -0.39 is 0 Å². The number of rotatable bonds is 5. The molecule has 176 valence electrons. The molecule has 3 aliphatic heterocycles. The van der Waals surface area contributed by atoms with Crippen molar-refractivity contribution in [3.8, 4) is 11.3 Å². The summed E-state index contributed by atoms with van der Waals surface area (Å²) in [5, 5.41) is 6.44. The van der Waals surface area contributed by atoms with Crippen molar-refractivity contribution in [3.63, 3.8) is 0 Å². The van der Waals surface area contributed by atoms with Crippen LogP contribution in [0.3, 0.4) is 0 Å². The monoisotopic (exact) mass is 454 g/mol. The highest BCUT2D eigenvalue weighted by atomic mass is 16.6. The Balaban J connectivity index is 1.20. The minimum Gasteiger partial charge on any atom is -0.378 e. The predicted molar refractivity (Wildman–Crippen MR) is 123 cm³/mol. The van der Waals surface area contributed by atoms with Gasteiger partial charge in [0.25, 0.3) is 0 Å². The van der Waals surface area contributed by atoms with Gasteiger partial charge in [0.2, 0.25) is 5.95 Å². The number of hydrogen-bond donors (Lipinski definition) is 2. The van der Waals surface area contributed by atoms with Crippen LogP contribution in [0.25, 0.3) is 11.3 Å². The Morgan fingerprint density at radius 3 is 2.45 bits per heavy atom. The molecule has 3 saturated heterocycles. The van der Waals surface area contributed by atoms with Gasteiger partial charge in [0.05, 0.1) is 44.2 Å². The molecule has 4 atom stereocenters. The molecule has 0 aliphatic carbocycles. The van der Waals surface area contributed by atoms with Crippen LogP contribution >= 0.6 is 0 Å². The zero-order chi connectivity index (χ0) is 22.8. The van der Waals surface area contributed by atoms with Gasteiger partial charge in [0.1, 0.15) is 12.2 Å². The number of fused-ring (bicyclic) bond motifs is 1. The SMILES string of the molecule is CN(C)c1ccc(-c2ccnc(NC3COC4C(NC(=O)N5CCOCC5)COC34)n2)cc1. The summed E-state index contributed by atoms with van der Waals surface area (Å²) >= 11 is 0. The molecule has 2 aromatic rings. The Morgan fingerprint density at radius 2 is 1.73 bits per heavy atom. The molecule has 4 heterocycles.